The predicted molar refractivity (Wildman–Crippen MR) is 123 cm³/mol. The van der Waals surface area contributed by atoms with E-state index in [1.54, 1.807) is 7.05 Å². The quantitative estimate of drug-likeness (QED) is 0.513. The molecule has 0 saturated carbocycles. The molecule has 166 valence electrons. The molecule has 0 bridgehead atoms. The molecule has 0 saturated heterocycles. The SMILES string of the molecule is CNC(C(=O)OCC(O)COc1ccc(-c2cc3ccccc3n2C)c(C)c1)C(C)C. The van der Waals surface area contributed by atoms with Crippen molar-refractivity contribution in [1.82, 2.24) is 9.88 Å². The number of aliphatic hydroxyl groups excluding tert-OH is 1. The van der Waals surface area contributed by atoms with Gasteiger partial charge in [-0.2, -0.15) is 0 Å². The summed E-state index contributed by atoms with van der Waals surface area (Å²) in [6.07, 6.45) is -0.897. The van der Waals surface area contributed by atoms with E-state index >= 15 is 0 Å². The standard InChI is InChI=1S/C25H32N2O4/c1-16(2)24(26-4)25(29)31-15-19(28)14-30-20-10-11-21(17(3)12-20)23-13-18-8-6-7-9-22(18)27(23)5/h6-13,16,19,24,26,28H,14-15H2,1-5H3. The molecule has 2 N–H and O–H groups in total. The van der Waals surface area contributed by atoms with Gasteiger partial charge in [0.05, 0.1) is 0 Å². The molecule has 0 radical (unpaired) electrons. The number of hydrogen-bond donors (Lipinski definition) is 2. The van der Waals surface area contributed by atoms with Crippen molar-refractivity contribution >= 4 is 16.9 Å². The molecular formula is C25H32N2O4. The summed E-state index contributed by atoms with van der Waals surface area (Å²) in [4.78, 5) is 12.1. The van der Waals surface area contributed by atoms with Crippen LogP contribution in [0.15, 0.2) is 48.5 Å². The van der Waals surface area contributed by atoms with Gasteiger partial charge in [-0.15, -0.1) is 0 Å². The highest BCUT2D eigenvalue weighted by molar-refractivity contribution is 5.87. The van der Waals surface area contributed by atoms with Crippen molar-refractivity contribution in [3.05, 3.63) is 54.1 Å². The summed E-state index contributed by atoms with van der Waals surface area (Å²) in [6, 6.07) is 16.0. The van der Waals surface area contributed by atoms with Crippen LogP contribution in [-0.2, 0) is 16.6 Å². The Morgan fingerprint density at radius 2 is 1.87 bits per heavy atom. The van der Waals surface area contributed by atoms with E-state index < -0.39 is 12.1 Å². The zero-order valence-electron chi connectivity index (χ0n) is 18.9. The summed E-state index contributed by atoms with van der Waals surface area (Å²) < 4.78 is 13.1. The van der Waals surface area contributed by atoms with Gasteiger partial charge in [0.25, 0.3) is 0 Å². The van der Waals surface area contributed by atoms with Crippen molar-refractivity contribution in [2.75, 3.05) is 20.3 Å². The monoisotopic (exact) mass is 424 g/mol. The molecule has 3 rings (SSSR count). The van der Waals surface area contributed by atoms with Crippen LogP contribution in [0.1, 0.15) is 19.4 Å². The minimum atomic E-state index is -0.897. The Bertz CT molecular complexity index is 1040. The molecular weight excluding hydrogens is 392 g/mol. The van der Waals surface area contributed by atoms with Gasteiger partial charge in [0, 0.05) is 29.2 Å². The van der Waals surface area contributed by atoms with E-state index in [0.29, 0.717) is 5.75 Å². The van der Waals surface area contributed by atoms with Gasteiger partial charge in [0.1, 0.15) is 31.1 Å². The fraction of sp³-hybridized carbons (Fsp3) is 0.400. The second-order valence-corrected chi connectivity index (χ2v) is 8.23. The molecule has 0 aliphatic rings. The van der Waals surface area contributed by atoms with Crippen molar-refractivity contribution in [3.8, 4) is 17.0 Å². The minimum absolute atomic E-state index is 0.0476. The highest BCUT2D eigenvalue weighted by Gasteiger charge is 2.22. The molecule has 0 aliphatic heterocycles. The first kappa shape index (κ1) is 22.8. The van der Waals surface area contributed by atoms with E-state index in [1.807, 2.05) is 51.1 Å². The number of rotatable bonds is 9. The van der Waals surface area contributed by atoms with Crippen LogP contribution < -0.4 is 10.1 Å². The number of aryl methyl sites for hydroxylation is 2. The number of aromatic nitrogens is 1. The molecule has 2 atom stereocenters. The van der Waals surface area contributed by atoms with Crippen molar-refractivity contribution in [1.29, 1.82) is 0 Å². The van der Waals surface area contributed by atoms with E-state index in [0.717, 1.165) is 16.8 Å². The first-order valence-corrected chi connectivity index (χ1v) is 10.6. The molecule has 6 heteroatoms. The topological polar surface area (TPSA) is 72.7 Å². The van der Waals surface area contributed by atoms with Crippen LogP contribution in [0.25, 0.3) is 22.2 Å². The van der Waals surface area contributed by atoms with Crippen LogP contribution >= 0.6 is 0 Å². The van der Waals surface area contributed by atoms with Gasteiger partial charge >= 0.3 is 5.97 Å². The maximum atomic E-state index is 12.1. The summed E-state index contributed by atoms with van der Waals surface area (Å²) in [5.41, 5.74) is 4.54. The number of para-hydroxylation sites is 1. The zero-order chi connectivity index (χ0) is 22.5. The Morgan fingerprint density at radius 1 is 1.13 bits per heavy atom. The van der Waals surface area contributed by atoms with Crippen molar-refractivity contribution < 1.29 is 19.4 Å². The number of nitrogens with zero attached hydrogens (tertiary/aromatic N) is 1. The van der Waals surface area contributed by atoms with Crippen molar-refractivity contribution in [3.63, 3.8) is 0 Å². The lowest BCUT2D eigenvalue weighted by Gasteiger charge is -2.20. The normalized spacial score (nSPS) is 13.4. The Hall–Kier alpha value is -2.83. The molecule has 1 heterocycles. The number of benzene rings is 2. The molecule has 1 aromatic heterocycles. The second kappa shape index (κ2) is 9.98. The van der Waals surface area contributed by atoms with Crippen LogP contribution in [-0.4, -0.2) is 48.1 Å². The smallest absolute Gasteiger partial charge is 0.323 e. The maximum Gasteiger partial charge on any atom is 0.323 e. The molecule has 2 unspecified atom stereocenters. The van der Waals surface area contributed by atoms with Crippen LogP contribution in [0.2, 0.25) is 0 Å². The zero-order valence-corrected chi connectivity index (χ0v) is 18.9. The van der Waals surface area contributed by atoms with Gasteiger partial charge in [-0.05, 0) is 55.8 Å². The van der Waals surface area contributed by atoms with E-state index in [1.165, 1.54) is 10.9 Å². The van der Waals surface area contributed by atoms with E-state index in [-0.39, 0.29) is 25.1 Å². The molecule has 3 aromatic rings. The van der Waals surface area contributed by atoms with Crippen LogP contribution in [0.5, 0.6) is 5.75 Å². The number of carbonyl (C=O) groups is 1. The second-order valence-electron chi connectivity index (χ2n) is 8.23. The predicted octanol–water partition coefficient (Wildman–Crippen LogP) is 3.68. The van der Waals surface area contributed by atoms with E-state index in [2.05, 4.69) is 35.1 Å². The molecule has 31 heavy (non-hydrogen) atoms. The number of ether oxygens (including phenoxy) is 2. The Balaban J connectivity index is 1.60. The van der Waals surface area contributed by atoms with Gasteiger partial charge in [0.15, 0.2) is 0 Å². The first-order valence-electron chi connectivity index (χ1n) is 10.6. The third-order valence-electron chi connectivity index (χ3n) is 5.52. The van der Waals surface area contributed by atoms with Gasteiger partial charge < -0.3 is 24.5 Å². The summed E-state index contributed by atoms with van der Waals surface area (Å²) in [7, 11) is 3.78. The first-order chi connectivity index (χ1) is 14.8. The highest BCUT2D eigenvalue weighted by atomic mass is 16.5. The van der Waals surface area contributed by atoms with Crippen molar-refractivity contribution in [2.45, 2.75) is 32.9 Å². The number of hydrogen-bond acceptors (Lipinski definition) is 5. The summed E-state index contributed by atoms with van der Waals surface area (Å²) in [5, 5.41) is 14.3. The lowest BCUT2D eigenvalue weighted by atomic mass is 10.1. The number of aliphatic hydroxyl groups is 1. The van der Waals surface area contributed by atoms with Crippen LogP contribution in [0, 0.1) is 12.8 Å². The number of esters is 1. The number of fused-ring (bicyclic) bond motifs is 1. The summed E-state index contributed by atoms with van der Waals surface area (Å²) in [5.74, 6) is 0.404. The maximum absolute atomic E-state index is 12.1. The molecule has 0 aliphatic carbocycles. The molecule has 6 nitrogen and oxygen atoms in total. The largest absolute Gasteiger partial charge is 0.491 e. The lowest BCUT2D eigenvalue weighted by Crippen LogP contribution is -2.41. The third-order valence-corrected chi connectivity index (χ3v) is 5.52. The van der Waals surface area contributed by atoms with E-state index in [4.69, 9.17) is 9.47 Å². The summed E-state index contributed by atoms with van der Waals surface area (Å²) in [6.45, 7) is 5.86. The molecule has 0 spiro atoms. The Kier molecular flexibility index (Phi) is 7.36. The Morgan fingerprint density at radius 3 is 2.52 bits per heavy atom. The summed E-state index contributed by atoms with van der Waals surface area (Å²) >= 11 is 0. The minimum Gasteiger partial charge on any atom is -0.491 e. The molecule has 0 fully saturated rings. The highest BCUT2D eigenvalue weighted by Crippen LogP contribution is 2.31. The third kappa shape index (κ3) is 5.27. The molecule has 0 amide bonds. The van der Waals surface area contributed by atoms with Crippen molar-refractivity contribution in [2.24, 2.45) is 13.0 Å². The number of carbonyl (C=O) groups excluding carboxylic acids is 1. The number of nitrogens with one attached hydrogen (secondary N) is 1. The fourth-order valence-corrected chi connectivity index (χ4v) is 3.79. The van der Waals surface area contributed by atoms with Gasteiger partial charge in [-0.25, -0.2) is 0 Å². The van der Waals surface area contributed by atoms with Gasteiger partial charge in [-0.3, -0.25) is 4.79 Å². The van der Waals surface area contributed by atoms with Gasteiger partial charge in [0.2, 0.25) is 0 Å². The molecule has 2 aromatic carbocycles. The lowest BCUT2D eigenvalue weighted by molar-refractivity contribution is -0.150. The van der Waals surface area contributed by atoms with E-state index in [9.17, 15) is 9.90 Å². The average Bonchev–Trinajstić information content (AvgIpc) is 3.07. The fourth-order valence-electron chi connectivity index (χ4n) is 3.79. The van der Waals surface area contributed by atoms with Gasteiger partial charge in [-0.1, -0.05) is 32.0 Å². The Labute approximate surface area is 183 Å². The van der Waals surface area contributed by atoms with Crippen LogP contribution in [0.3, 0.4) is 0 Å². The number of likely N-dealkylation sites (N-methyl/N-ethyl adjacent to an activating group) is 1. The van der Waals surface area contributed by atoms with Crippen LogP contribution in [0.4, 0.5) is 0 Å². The average molecular weight is 425 g/mol.